The fourth-order valence-corrected chi connectivity index (χ4v) is 8.97. The van der Waals surface area contributed by atoms with Crippen molar-refractivity contribution < 1.29 is 28.6 Å². The summed E-state index contributed by atoms with van der Waals surface area (Å²) in [7, 11) is 0. The summed E-state index contributed by atoms with van der Waals surface area (Å²) in [5.41, 5.74) is 0. The molecule has 0 saturated carbocycles. The Kier molecular flexibility index (Phi) is 61.3. The number of ether oxygens (including phenoxy) is 3. The van der Waals surface area contributed by atoms with Crippen molar-refractivity contribution in [1.82, 2.24) is 0 Å². The summed E-state index contributed by atoms with van der Waals surface area (Å²) in [6.45, 7) is 6.51. The van der Waals surface area contributed by atoms with Gasteiger partial charge in [-0.25, -0.2) is 0 Å². The zero-order valence-corrected chi connectivity index (χ0v) is 50.4. The quantitative estimate of drug-likeness (QED) is 0.0261. The van der Waals surface area contributed by atoms with Crippen molar-refractivity contribution in [2.45, 2.75) is 309 Å². The summed E-state index contributed by atoms with van der Waals surface area (Å²) in [6.07, 6.45) is 88.2. The van der Waals surface area contributed by atoms with Gasteiger partial charge in [-0.05, 0) is 89.9 Å². The number of hydrogen-bond donors (Lipinski definition) is 0. The van der Waals surface area contributed by atoms with E-state index in [2.05, 4.69) is 130 Å². The number of carbonyl (C=O) groups excluding carboxylic acids is 3. The first-order chi connectivity index (χ1) is 38.0. The summed E-state index contributed by atoms with van der Waals surface area (Å²) in [5.74, 6) is -0.894. The van der Waals surface area contributed by atoms with Crippen LogP contribution in [0.4, 0.5) is 0 Å². The van der Waals surface area contributed by atoms with E-state index >= 15 is 0 Å². The van der Waals surface area contributed by atoms with Crippen molar-refractivity contribution in [3.8, 4) is 0 Å². The van der Waals surface area contributed by atoms with Crippen molar-refractivity contribution in [2.24, 2.45) is 0 Å². The molecule has 0 N–H and O–H groups in total. The highest BCUT2D eigenvalue weighted by Crippen LogP contribution is 2.16. The minimum Gasteiger partial charge on any atom is -0.462 e. The molecule has 0 radical (unpaired) electrons. The molecule has 6 nitrogen and oxygen atoms in total. The molecular formula is C71H120O6. The molecule has 0 fully saturated rings. The molecule has 0 heterocycles. The normalized spacial score (nSPS) is 12.8. The fourth-order valence-electron chi connectivity index (χ4n) is 8.97. The van der Waals surface area contributed by atoms with Gasteiger partial charge in [-0.15, -0.1) is 0 Å². The number of esters is 3. The average Bonchev–Trinajstić information content (AvgIpc) is 3.43. The van der Waals surface area contributed by atoms with E-state index in [0.717, 1.165) is 135 Å². The highest BCUT2D eigenvalue weighted by Gasteiger charge is 2.19. The number of rotatable bonds is 58. The van der Waals surface area contributed by atoms with Crippen LogP contribution in [0.1, 0.15) is 303 Å². The van der Waals surface area contributed by atoms with E-state index in [0.29, 0.717) is 19.3 Å². The van der Waals surface area contributed by atoms with Gasteiger partial charge in [0.1, 0.15) is 13.2 Å². The van der Waals surface area contributed by atoms with E-state index in [1.807, 2.05) is 0 Å². The predicted molar refractivity (Wildman–Crippen MR) is 334 cm³/mol. The topological polar surface area (TPSA) is 78.9 Å². The van der Waals surface area contributed by atoms with Crippen LogP contribution in [-0.4, -0.2) is 37.2 Å². The van der Waals surface area contributed by atoms with Gasteiger partial charge in [0.25, 0.3) is 0 Å². The minimum absolute atomic E-state index is 0.0806. The highest BCUT2D eigenvalue weighted by atomic mass is 16.6. The first-order valence-electron chi connectivity index (χ1n) is 32.4. The largest absolute Gasteiger partial charge is 0.462 e. The SMILES string of the molecule is CC/C=C\C/C=C\C/C=C\C/C=C\C/C=C\C/C=C\C/C=C\C/C=C\C/C=C\CCCCCCCC(=O)OCC(COC(=O)CCCCCCCCCCC)OC(=O)CCCCCCCCCCCCCCCCCCC. The monoisotopic (exact) mass is 1070 g/mol. The molecule has 0 rings (SSSR count). The fraction of sp³-hybridized carbons (Fsp3) is 0.704. The Morgan fingerprint density at radius 1 is 0.273 bits per heavy atom. The van der Waals surface area contributed by atoms with Crippen LogP contribution in [0.5, 0.6) is 0 Å². The van der Waals surface area contributed by atoms with E-state index in [4.69, 9.17) is 14.2 Å². The van der Waals surface area contributed by atoms with Gasteiger partial charge < -0.3 is 14.2 Å². The van der Waals surface area contributed by atoms with E-state index in [1.165, 1.54) is 128 Å². The molecule has 6 heteroatoms. The molecule has 0 aliphatic rings. The molecule has 0 saturated heterocycles. The van der Waals surface area contributed by atoms with Crippen molar-refractivity contribution in [3.05, 3.63) is 109 Å². The molecule has 0 aromatic carbocycles. The Labute approximate surface area is 476 Å². The first-order valence-corrected chi connectivity index (χ1v) is 32.4. The Bertz CT molecular complexity index is 1560. The highest BCUT2D eigenvalue weighted by molar-refractivity contribution is 5.71. The zero-order valence-electron chi connectivity index (χ0n) is 50.4. The van der Waals surface area contributed by atoms with Gasteiger partial charge in [-0.2, -0.15) is 0 Å². The number of carbonyl (C=O) groups is 3. The van der Waals surface area contributed by atoms with Crippen LogP contribution in [-0.2, 0) is 28.6 Å². The molecule has 0 aliphatic heterocycles. The molecular weight excluding hydrogens is 949 g/mol. The first kappa shape index (κ1) is 73.1. The summed E-state index contributed by atoms with van der Waals surface area (Å²) >= 11 is 0. The molecule has 0 bridgehead atoms. The maximum absolute atomic E-state index is 12.9. The molecule has 0 spiro atoms. The number of unbranched alkanes of at least 4 members (excludes halogenated alkanes) is 29. The third kappa shape index (κ3) is 62.8. The van der Waals surface area contributed by atoms with Gasteiger partial charge in [0.2, 0.25) is 0 Å². The zero-order chi connectivity index (χ0) is 55.7. The summed E-state index contributed by atoms with van der Waals surface area (Å²) in [4.78, 5) is 38.2. The summed E-state index contributed by atoms with van der Waals surface area (Å²) in [5, 5.41) is 0. The van der Waals surface area contributed by atoms with Gasteiger partial charge in [-0.3, -0.25) is 14.4 Å². The van der Waals surface area contributed by atoms with Crippen LogP contribution in [0.25, 0.3) is 0 Å². The third-order valence-corrected chi connectivity index (χ3v) is 13.8. The predicted octanol–water partition coefficient (Wildman–Crippen LogP) is 22.2. The second-order valence-electron chi connectivity index (χ2n) is 21.3. The summed E-state index contributed by atoms with van der Waals surface area (Å²) < 4.78 is 16.9. The van der Waals surface area contributed by atoms with Gasteiger partial charge >= 0.3 is 17.9 Å². The van der Waals surface area contributed by atoms with Gasteiger partial charge in [-0.1, -0.05) is 304 Å². The van der Waals surface area contributed by atoms with E-state index in [1.54, 1.807) is 0 Å². The van der Waals surface area contributed by atoms with Crippen molar-refractivity contribution >= 4 is 17.9 Å². The van der Waals surface area contributed by atoms with Crippen LogP contribution >= 0.6 is 0 Å². The maximum atomic E-state index is 12.9. The minimum atomic E-state index is -0.783. The van der Waals surface area contributed by atoms with E-state index in [9.17, 15) is 14.4 Å². The Hall–Kier alpha value is -3.93. The third-order valence-electron chi connectivity index (χ3n) is 13.8. The van der Waals surface area contributed by atoms with E-state index in [-0.39, 0.29) is 31.1 Å². The number of hydrogen-bond acceptors (Lipinski definition) is 6. The van der Waals surface area contributed by atoms with Crippen molar-refractivity contribution in [2.75, 3.05) is 13.2 Å². The van der Waals surface area contributed by atoms with Crippen LogP contribution in [0.15, 0.2) is 109 Å². The Balaban J connectivity index is 4.23. The smallest absolute Gasteiger partial charge is 0.306 e. The van der Waals surface area contributed by atoms with Crippen molar-refractivity contribution in [3.63, 3.8) is 0 Å². The van der Waals surface area contributed by atoms with Gasteiger partial charge in [0, 0.05) is 19.3 Å². The van der Waals surface area contributed by atoms with Crippen LogP contribution in [0.3, 0.4) is 0 Å². The van der Waals surface area contributed by atoms with Crippen LogP contribution < -0.4 is 0 Å². The molecule has 1 unspecified atom stereocenters. The molecule has 440 valence electrons. The van der Waals surface area contributed by atoms with E-state index < -0.39 is 6.10 Å². The lowest BCUT2D eigenvalue weighted by Gasteiger charge is -2.18. The standard InChI is InChI=1S/C71H120O6/c1-4-7-10-13-16-19-21-23-25-27-28-29-30-31-32-33-34-35-36-37-38-39-40-41-42-44-45-47-49-52-55-58-61-64-70(73)76-67-68(66-75-69(72)63-60-57-54-51-18-15-12-9-6-3)77-71(74)65-62-59-56-53-50-48-46-43-26-24-22-20-17-14-11-8-5-2/h7,10,16,19,23,25,28-29,31-32,34-35,37-38,40-41,44-45,68H,4-6,8-9,11-15,17-18,20-22,24,26-27,30,33,36,39,42-43,46-67H2,1-3H3/b10-7-,19-16-,25-23-,29-28-,32-31-,35-34-,38-37-,41-40-,45-44-. The molecule has 1 atom stereocenters. The molecule has 0 amide bonds. The lowest BCUT2D eigenvalue weighted by Crippen LogP contribution is -2.30. The second kappa shape index (κ2) is 64.6. The average molecular weight is 1070 g/mol. The number of allylic oxidation sites excluding steroid dienone is 18. The molecule has 0 aliphatic carbocycles. The lowest BCUT2D eigenvalue weighted by atomic mass is 10.0. The molecule has 77 heavy (non-hydrogen) atoms. The van der Waals surface area contributed by atoms with Crippen molar-refractivity contribution in [1.29, 1.82) is 0 Å². The van der Waals surface area contributed by atoms with Gasteiger partial charge in [0.05, 0.1) is 0 Å². The molecule has 0 aromatic rings. The molecule has 0 aromatic heterocycles. The van der Waals surface area contributed by atoms with Crippen LogP contribution in [0.2, 0.25) is 0 Å². The lowest BCUT2D eigenvalue weighted by molar-refractivity contribution is -0.167. The van der Waals surface area contributed by atoms with Crippen LogP contribution in [0, 0.1) is 0 Å². The van der Waals surface area contributed by atoms with Gasteiger partial charge in [0.15, 0.2) is 6.10 Å². The second-order valence-corrected chi connectivity index (χ2v) is 21.3. The Morgan fingerprint density at radius 2 is 0.506 bits per heavy atom. The maximum Gasteiger partial charge on any atom is 0.306 e. The Morgan fingerprint density at radius 3 is 0.792 bits per heavy atom. The summed E-state index contributed by atoms with van der Waals surface area (Å²) in [6, 6.07) is 0.